The summed E-state index contributed by atoms with van der Waals surface area (Å²) in [6.45, 7) is 5.57. The van der Waals surface area contributed by atoms with E-state index in [9.17, 15) is 41.2 Å². The highest BCUT2D eigenvalue weighted by atomic mass is 19.4. The normalized spacial score (nSPS) is 41.3. The third-order valence-corrected chi connectivity index (χ3v) is 13.1. The van der Waals surface area contributed by atoms with Gasteiger partial charge >= 0.3 is 24.3 Å². The van der Waals surface area contributed by atoms with Gasteiger partial charge in [0, 0.05) is 54.6 Å². The number of hydrogen-bond acceptors (Lipinski definition) is 12. The molecule has 2 saturated carbocycles. The summed E-state index contributed by atoms with van der Waals surface area (Å²) in [5, 5.41) is 9.48. The largest absolute Gasteiger partial charge is 0.461 e. The highest BCUT2D eigenvalue weighted by molar-refractivity contribution is 5.72. The van der Waals surface area contributed by atoms with Crippen molar-refractivity contribution in [1.82, 2.24) is 0 Å². The van der Waals surface area contributed by atoms with Crippen molar-refractivity contribution in [2.45, 2.75) is 140 Å². The van der Waals surface area contributed by atoms with E-state index >= 15 is 0 Å². The molecule has 0 amide bonds. The first-order valence-electron chi connectivity index (χ1n) is 19.1. The van der Waals surface area contributed by atoms with Gasteiger partial charge < -0.3 is 28.4 Å². The van der Waals surface area contributed by atoms with Crippen LogP contribution in [0.25, 0.3) is 0 Å². The lowest BCUT2D eigenvalue weighted by Gasteiger charge is -2.57. The van der Waals surface area contributed by atoms with E-state index in [4.69, 9.17) is 38.2 Å². The Balaban J connectivity index is 0.984. The van der Waals surface area contributed by atoms with Crippen molar-refractivity contribution in [3.05, 3.63) is 22.7 Å². The highest BCUT2D eigenvalue weighted by Crippen LogP contribution is 2.61. The van der Waals surface area contributed by atoms with Crippen LogP contribution in [0, 0.1) is 41.4 Å². The van der Waals surface area contributed by atoms with Gasteiger partial charge in [-0.3, -0.25) is 9.59 Å². The van der Waals surface area contributed by atoms with Crippen molar-refractivity contribution in [1.29, 1.82) is 0 Å². The minimum Gasteiger partial charge on any atom is -0.461 e. The molecule has 8 aliphatic rings. The van der Waals surface area contributed by atoms with Gasteiger partial charge in [-0.25, -0.2) is 19.9 Å². The Kier molecular flexibility index (Phi) is 10.8. The van der Waals surface area contributed by atoms with Crippen LogP contribution in [0.3, 0.4) is 0 Å². The van der Waals surface area contributed by atoms with Crippen LogP contribution in [0.2, 0.25) is 0 Å². The maximum absolute atomic E-state index is 14.4. The maximum Gasteiger partial charge on any atom is 0.449 e. The molecule has 6 aliphatic heterocycles. The van der Waals surface area contributed by atoms with Crippen LogP contribution in [-0.4, -0.2) is 72.5 Å². The molecule has 0 aromatic rings. The smallest absolute Gasteiger partial charge is 0.449 e. The SMILES string of the molecule is C[C@@H]1CC[C@H]2C(COC(=O)CCCC(=O)OCC3=C(C(F)(F)F)O[C@@H]4O[C@]5(C)CCC6[C@H](C)CC[C@@H]3[C@]64OO5)=C(C(F)(F)F)O[C@@H]3OC(C)(OO)CCC1C32. The molecule has 12 atom stereocenters. The summed E-state index contributed by atoms with van der Waals surface area (Å²) in [6, 6.07) is 0. The zero-order chi connectivity index (χ0) is 39.7. The minimum absolute atomic E-state index is 0.0670. The van der Waals surface area contributed by atoms with E-state index < -0.39 is 96.5 Å². The Hall–Kier alpha value is -2.64. The Morgan fingerprint density at radius 1 is 0.782 bits per heavy atom. The number of esters is 2. The standard InChI is InChI=1S/C37H48F6O12/c1-18-8-10-21-22(29(36(38,39)40)49-31-28(21)20(18)12-14-33(3,51-31)53-46)16-47-26(44)6-5-7-27(45)48-17-23-25-11-9-19(2)24-13-15-34(4)52-32(35(24,25)55-54-34)50-30(23)37(41,42)43/h18-21,24-25,28,31-32,46H,5-17H2,1-4H3/t18-,19-,20?,21+,24?,25+,28?,31-,32-,33?,34+,35-/m1/s1. The lowest BCUT2D eigenvalue weighted by molar-refractivity contribution is -0.557. The molecule has 2 bridgehead atoms. The van der Waals surface area contributed by atoms with Gasteiger partial charge in [0.2, 0.25) is 35.7 Å². The second-order valence-corrected chi connectivity index (χ2v) is 16.6. The monoisotopic (exact) mass is 798 g/mol. The highest BCUT2D eigenvalue weighted by Gasteiger charge is 2.70. The first-order chi connectivity index (χ1) is 25.8. The Bertz CT molecular complexity index is 1570. The molecule has 0 radical (unpaired) electrons. The average molecular weight is 799 g/mol. The number of carbonyl (C=O) groups excluding carboxylic acids is 2. The molecule has 310 valence electrons. The fourth-order valence-electron chi connectivity index (χ4n) is 10.3. The molecule has 6 heterocycles. The van der Waals surface area contributed by atoms with Gasteiger partial charge in [-0.2, -0.15) is 26.3 Å². The van der Waals surface area contributed by atoms with Gasteiger partial charge in [-0.1, -0.05) is 13.8 Å². The van der Waals surface area contributed by atoms with E-state index in [2.05, 4.69) is 4.89 Å². The van der Waals surface area contributed by atoms with Gasteiger partial charge in [-0.15, -0.1) is 0 Å². The summed E-state index contributed by atoms with van der Waals surface area (Å²) in [5.41, 5.74) is -1.88. The van der Waals surface area contributed by atoms with E-state index in [1.165, 1.54) is 6.92 Å². The molecule has 6 fully saturated rings. The molecule has 4 saturated heterocycles. The van der Waals surface area contributed by atoms with Crippen LogP contribution in [0.1, 0.15) is 98.3 Å². The molecule has 8 rings (SSSR count). The third kappa shape index (κ3) is 7.48. The lowest BCUT2D eigenvalue weighted by Crippen LogP contribution is -2.67. The number of alkyl halides is 6. The van der Waals surface area contributed by atoms with Crippen LogP contribution < -0.4 is 0 Å². The predicted octanol–water partition coefficient (Wildman–Crippen LogP) is 7.77. The average Bonchev–Trinajstić information content (AvgIpc) is 3.43. The Morgan fingerprint density at radius 3 is 2.07 bits per heavy atom. The predicted molar refractivity (Wildman–Crippen MR) is 172 cm³/mol. The summed E-state index contributed by atoms with van der Waals surface area (Å²) in [6.07, 6.45) is -9.97. The van der Waals surface area contributed by atoms with Crippen molar-refractivity contribution in [2.24, 2.45) is 41.4 Å². The fourth-order valence-corrected chi connectivity index (χ4v) is 10.3. The van der Waals surface area contributed by atoms with Gasteiger partial charge in [-0.05, 0) is 82.5 Å². The molecule has 2 aliphatic carbocycles. The molecule has 0 aromatic carbocycles. The summed E-state index contributed by atoms with van der Waals surface area (Å²) < 4.78 is 120. The van der Waals surface area contributed by atoms with Crippen LogP contribution in [0.15, 0.2) is 22.7 Å². The van der Waals surface area contributed by atoms with Crippen molar-refractivity contribution >= 4 is 11.9 Å². The molecule has 1 N–H and O–H groups in total. The minimum atomic E-state index is -4.94. The number of rotatable bonds is 9. The molecule has 0 aromatic heterocycles. The Morgan fingerprint density at radius 2 is 1.42 bits per heavy atom. The van der Waals surface area contributed by atoms with E-state index in [1.807, 2.05) is 13.8 Å². The van der Waals surface area contributed by atoms with Crippen molar-refractivity contribution in [3.63, 3.8) is 0 Å². The topological polar surface area (TPSA) is 137 Å². The van der Waals surface area contributed by atoms with Crippen LogP contribution >= 0.6 is 0 Å². The fraction of sp³-hybridized carbons (Fsp3) is 0.838. The summed E-state index contributed by atoms with van der Waals surface area (Å²) in [7, 11) is 0. The molecule has 1 spiro atoms. The van der Waals surface area contributed by atoms with E-state index in [0.717, 1.165) is 0 Å². The first kappa shape index (κ1) is 40.6. The van der Waals surface area contributed by atoms with Crippen LogP contribution in [0.4, 0.5) is 26.3 Å². The molecular weight excluding hydrogens is 750 g/mol. The summed E-state index contributed by atoms with van der Waals surface area (Å²) in [4.78, 5) is 41.7. The van der Waals surface area contributed by atoms with Crippen molar-refractivity contribution in [3.8, 4) is 0 Å². The maximum atomic E-state index is 14.4. The van der Waals surface area contributed by atoms with Gasteiger partial charge in [0.25, 0.3) is 0 Å². The van der Waals surface area contributed by atoms with Crippen LogP contribution in [0.5, 0.6) is 0 Å². The molecule has 12 nitrogen and oxygen atoms in total. The number of ether oxygens (including phenoxy) is 6. The zero-order valence-electron chi connectivity index (χ0n) is 31.1. The quantitative estimate of drug-likeness (QED) is 0.106. The molecule has 4 unspecified atom stereocenters. The van der Waals surface area contributed by atoms with E-state index in [-0.39, 0.29) is 66.9 Å². The van der Waals surface area contributed by atoms with E-state index in [0.29, 0.717) is 38.5 Å². The number of fused-ring (bicyclic) bond motifs is 2. The first-order valence-corrected chi connectivity index (χ1v) is 19.1. The van der Waals surface area contributed by atoms with Crippen LogP contribution in [-0.2, 0) is 52.7 Å². The van der Waals surface area contributed by atoms with Crippen molar-refractivity contribution in [2.75, 3.05) is 13.2 Å². The summed E-state index contributed by atoms with van der Waals surface area (Å²) >= 11 is 0. The van der Waals surface area contributed by atoms with Gasteiger partial charge in [0.1, 0.15) is 13.2 Å². The van der Waals surface area contributed by atoms with Crippen molar-refractivity contribution < 1.29 is 84.3 Å². The second-order valence-electron chi connectivity index (χ2n) is 16.6. The number of halogens is 6. The number of hydrogen-bond donors (Lipinski definition) is 1. The molecular formula is C37H48F6O12. The zero-order valence-corrected chi connectivity index (χ0v) is 31.1. The molecule has 18 heteroatoms. The van der Waals surface area contributed by atoms with Gasteiger partial charge in [0.15, 0.2) is 5.60 Å². The Labute approximate surface area is 313 Å². The number of allylic oxidation sites excluding steroid dienone is 2. The number of carbonyl (C=O) groups is 2. The van der Waals surface area contributed by atoms with E-state index in [1.54, 1.807) is 6.92 Å². The third-order valence-electron chi connectivity index (χ3n) is 13.1. The van der Waals surface area contributed by atoms with Gasteiger partial charge in [0.05, 0.1) is 0 Å². The summed E-state index contributed by atoms with van der Waals surface area (Å²) in [5.74, 6) is -9.50. The molecule has 55 heavy (non-hydrogen) atoms. The lowest BCUT2D eigenvalue weighted by atomic mass is 9.59. The second kappa shape index (κ2) is 14.6.